The Morgan fingerprint density at radius 2 is 2.15 bits per heavy atom. The lowest BCUT2D eigenvalue weighted by Crippen LogP contribution is -2.32. The SMILES string of the molecule is CC(=O)Nc1ccsc1CNCC1CCCCC1CO. The summed E-state index contributed by atoms with van der Waals surface area (Å²) in [6.45, 7) is 3.57. The fraction of sp³-hybridized carbons (Fsp3) is 0.667. The molecule has 0 aromatic carbocycles. The predicted octanol–water partition coefficient (Wildman–Crippen LogP) is 2.59. The molecule has 0 spiro atoms. The molecule has 1 aliphatic rings. The van der Waals surface area contributed by atoms with E-state index in [-0.39, 0.29) is 5.91 Å². The van der Waals surface area contributed by atoms with Crippen molar-refractivity contribution < 1.29 is 9.90 Å². The van der Waals surface area contributed by atoms with E-state index in [1.807, 2.05) is 11.4 Å². The minimum Gasteiger partial charge on any atom is -0.396 e. The zero-order chi connectivity index (χ0) is 14.4. The van der Waals surface area contributed by atoms with Crippen molar-refractivity contribution in [2.75, 3.05) is 18.5 Å². The van der Waals surface area contributed by atoms with E-state index in [0.29, 0.717) is 18.4 Å². The van der Waals surface area contributed by atoms with Crippen molar-refractivity contribution in [3.63, 3.8) is 0 Å². The predicted molar refractivity (Wildman–Crippen MR) is 82.9 cm³/mol. The van der Waals surface area contributed by atoms with Crippen molar-refractivity contribution in [3.8, 4) is 0 Å². The Bertz CT molecular complexity index is 433. The maximum Gasteiger partial charge on any atom is 0.221 e. The number of amides is 1. The van der Waals surface area contributed by atoms with Crippen molar-refractivity contribution >= 4 is 22.9 Å². The Kier molecular flexibility index (Phi) is 6.01. The Hall–Kier alpha value is -0.910. The van der Waals surface area contributed by atoms with Gasteiger partial charge < -0.3 is 15.7 Å². The number of carbonyl (C=O) groups excluding carboxylic acids is 1. The third kappa shape index (κ3) is 4.30. The van der Waals surface area contributed by atoms with Gasteiger partial charge in [-0.2, -0.15) is 0 Å². The molecular formula is C15H24N2O2S. The van der Waals surface area contributed by atoms with E-state index in [1.54, 1.807) is 11.3 Å². The summed E-state index contributed by atoms with van der Waals surface area (Å²) >= 11 is 1.66. The minimum atomic E-state index is -0.0303. The van der Waals surface area contributed by atoms with Crippen LogP contribution in [0.2, 0.25) is 0 Å². The number of carbonyl (C=O) groups is 1. The second-order valence-corrected chi connectivity index (χ2v) is 6.56. The standard InChI is InChI=1S/C15H24N2O2S/c1-11(19)17-14-6-7-20-15(14)9-16-8-12-4-2-3-5-13(12)10-18/h6-7,12-13,16,18H,2-5,8-10H2,1H3,(H,17,19). The molecule has 2 atom stereocenters. The quantitative estimate of drug-likeness (QED) is 0.756. The van der Waals surface area contributed by atoms with Gasteiger partial charge in [-0.3, -0.25) is 4.79 Å². The first-order chi connectivity index (χ1) is 9.70. The molecule has 2 unspecified atom stereocenters. The maximum atomic E-state index is 11.1. The van der Waals surface area contributed by atoms with Crippen LogP contribution in [-0.4, -0.2) is 24.2 Å². The van der Waals surface area contributed by atoms with Crippen LogP contribution in [0.3, 0.4) is 0 Å². The lowest BCUT2D eigenvalue weighted by Gasteiger charge is -2.30. The van der Waals surface area contributed by atoms with Crippen LogP contribution in [-0.2, 0) is 11.3 Å². The number of aliphatic hydroxyl groups excluding tert-OH is 1. The van der Waals surface area contributed by atoms with Crippen molar-refractivity contribution in [1.29, 1.82) is 0 Å². The zero-order valence-corrected chi connectivity index (χ0v) is 12.8. The molecule has 5 heteroatoms. The van der Waals surface area contributed by atoms with E-state index in [0.717, 1.165) is 30.1 Å². The first kappa shape index (κ1) is 15.5. The first-order valence-corrected chi connectivity index (χ1v) is 8.24. The highest BCUT2D eigenvalue weighted by Gasteiger charge is 2.23. The van der Waals surface area contributed by atoms with Crippen molar-refractivity contribution in [1.82, 2.24) is 5.32 Å². The van der Waals surface area contributed by atoms with Gasteiger partial charge in [-0.25, -0.2) is 0 Å². The van der Waals surface area contributed by atoms with E-state index < -0.39 is 0 Å². The lowest BCUT2D eigenvalue weighted by molar-refractivity contribution is -0.114. The van der Waals surface area contributed by atoms with Gasteiger partial charge in [-0.1, -0.05) is 12.8 Å². The average molecular weight is 296 g/mol. The monoisotopic (exact) mass is 296 g/mol. The van der Waals surface area contributed by atoms with Gasteiger partial charge in [0.15, 0.2) is 0 Å². The van der Waals surface area contributed by atoms with Gasteiger partial charge >= 0.3 is 0 Å². The van der Waals surface area contributed by atoms with E-state index in [1.165, 1.54) is 26.2 Å². The molecule has 0 saturated heterocycles. The Morgan fingerprint density at radius 1 is 1.40 bits per heavy atom. The Balaban J connectivity index is 1.80. The summed E-state index contributed by atoms with van der Waals surface area (Å²) in [4.78, 5) is 12.3. The number of hydrogen-bond acceptors (Lipinski definition) is 4. The Morgan fingerprint density at radius 3 is 2.85 bits per heavy atom. The van der Waals surface area contributed by atoms with Gasteiger partial charge in [0.25, 0.3) is 0 Å². The van der Waals surface area contributed by atoms with Gasteiger partial charge in [0.1, 0.15) is 0 Å². The topological polar surface area (TPSA) is 61.4 Å². The van der Waals surface area contributed by atoms with Crippen LogP contribution in [0, 0.1) is 11.8 Å². The molecule has 20 heavy (non-hydrogen) atoms. The zero-order valence-electron chi connectivity index (χ0n) is 12.0. The van der Waals surface area contributed by atoms with Gasteiger partial charge in [0.2, 0.25) is 5.91 Å². The fourth-order valence-corrected chi connectivity index (χ4v) is 3.74. The van der Waals surface area contributed by atoms with E-state index >= 15 is 0 Å². The summed E-state index contributed by atoms with van der Waals surface area (Å²) in [7, 11) is 0. The molecule has 1 aromatic heterocycles. The molecule has 112 valence electrons. The average Bonchev–Trinajstić information content (AvgIpc) is 2.86. The number of aliphatic hydroxyl groups is 1. The van der Waals surface area contributed by atoms with Crippen LogP contribution >= 0.6 is 11.3 Å². The van der Waals surface area contributed by atoms with Gasteiger partial charge in [-0.15, -0.1) is 11.3 Å². The summed E-state index contributed by atoms with van der Waals surface area (Å²) in [6, 6.07) is 1.94. The Labute approximate surface area is 124 Å². The molecule has 1 aromatic rings. The molecule has 0 radical (unpaired) electrons. The molecule has 2 rings (SSSR count). The van der Waals surface area contributed by atoms with Gasteiger partial charge in [0, 0.05) is 25.0 Å². The highest BCUT2D eigenvalue weighted by Crippen LogP contribution is 2.29. The fourth-order valence-electron chi connectivity index (χ4n) is 2.94. The molecule has 3 N–H and O–H groups in total. The van der Waals surface area contributed by atoms with Gasteiger partial charge in [0.05, 0.1) is 5.69 Å². The summed E-state index contributed by atoms with van der Waals surface area (Å²) < 4.78 is 0. The normalized spacial score (nSPS) is 22.7. The van der Waals surface area contributed by atoms with E-state index in [2.05, 4.69) is 10.6 Å². The van der Waals surface area contributed by atoms with Crippen LogP contribution in [0.5, 0.6) is 0 Å². The van der Waals surface area contributed by atoms with Crippen LogP contribution in [0.15, 0.2) is 11.4 Å². The van der Waals surface area contributed by atoms with Crippen LogP contribution < -0.4 is 10.6 Å². The maximum absolute atomic E-state index is 11.1. The van der Waals surface area contributed by atoms with Crippen molar-refractivity contribution in [3.05, 3.63) is 16.3 Å². The summed E-state index contributed by atoms with van der Waals surface area (Å²) in [6.07, 6.45) is 4.89. The summed E-state index contributed by atoms with van der Waals surface area (Å²) in [5.41, 5.74) is 0.914. The van der Waals surface area contributed by atoms with E-state index in [4.69, 9.17) is 0 Å². The van der Waals surface area contributed by atoms with Crippen molar-refractivity contribution in [2.24, 2.45) is 11.8 Å². The highest BCUT2D eigenvalue weighted by atomic mass is 32.1. The summed E-state index contributed by atoms with van der Waals surface area (Å²) in [5.74, 6) is 1.00. The number of nitrogens with one attached hydrogen (secondary N) is 2. The molecule has 1 heterocycles. The molecular weight excluding hydrogens is 272 g/mol. The number of thiophene rings is 1. The van der Waals surface area contributed by atoms with Crippen LogP contribution in [0.4, 0.5) is 5.69 Å². The first-order valence-electron chi connectivity index (χ1n) is 7.36. The van der Waals surface area contributed by atoms with Gasteiger partial charge in [-0.05, 0) is 42.7 Å². The second-order valence-electron chi connectivity index (χ2n) is 5.56. The molecule has 4 nitrogen and oxygen atoms in total. The second kappa shape index (κ2) is 7.76. The molecule has 0 aliphatic heterocycles. The molecule has 1 amide bonds. The van der Waals surface area contributed by atoms with Crippen molar-refractivity contribution in [2.45, 2.75) is 39.2 Å². The van der Waals surface area contributed by atoms with Crippen LogP contribution in [0.1, 0.15) is 37.5 Å². The number of rotatable bonds is 6. The number of anilines is 1. The van der Waals surface area contributed by atoms with E-state index in [9.17, 15) is 9.90 Å². The third-order valence-electron chi connectivity index (χ3n) is 4.05. The van der Waals surface area contributed by atoms with Crippen LogP contribution in [0.25, 0.3) is 0 Å². The summed E-state index contributed by atoms with van der Waals surface area (Å²) in [5, 5.41) is 17.8. The minimum absolute atomic E-state index is 0.0303. The molecule has 1 fully saturated rings. The lowest BCUT2D eigenvalue weighted by atomic mass is 9.79. The highest BCUT2D eigenvalue weighted by molar-refractivity contribution is 7.10. The third-order valence-corrected chi connectivity index (χ3v) is 4.97. The largest absolute Gasteiger partial charge is 0.396 e. The molecule has 1 saturated carbocycles. The number of hydrogen-bond donors (Lipinski definition) is 3. The molecule has 0 bridgehead atoms. The smallest absolute Gasteiger partial charge is 0.221 e. The molecule has 1 aliphatic carbocycles.